The Bertz CT molecular complexity index is 1770. The van der Waals surface area contributed by atoms with Gasteiger partial charge in [0.1, 0.15) is 24.6 Å². The lowest BCUT2D eigenvalue weighted by Gasteiger charge is -2.13. The number of halogens is 2. The maximum absolute atomic E-state index is 14.6. The minimum Gasteiger partial charge on any atom is -0.380 e. The molecule has 2 aliphatic heterocycles. The van der Waals surface area contributed by atoms with Gasteiger partial charge in [-0.2, -0.15) is 4.98 Å². The van der Waals surface area contributed by atoms with Crippen LogP contribution in [0, 0.1) is 11.8 Å². The van der Waals surface area contributed by atoms with E-state index in [2.05, 4.69) is 30.1 Å². The van der Waals surface area contributed by atoms with E-state index in [1.165, 1.54) is 22.5 Å². The molecule has 240 valence electrons. The Morgan fingerprint density at radius 2 is 1.32 bits per heavy atom. The van der Waals surface area contributed by atoms with Crippen molar-refractivity contribution >= 4 is 44.5 Å². The highest BCUT2D eigenvalue weighted by Gasteiger charge is 2.45. The molecule has 6 heterocycles. The second-order valence-corrected chi connectivity index (χ2v) is 13.7. The quantitative estimate of drug-likeness (QED) is 0.289. The van der Waals surface area contributed by atoms with E-state index in [0.717, 1.165) is 12.7 Å². The number of anilines is 2. The van der Waals surface area contributed by atoms with Gasteiger partial charge in [-0.3, -0.25) is 0 Å². The Morgan fingerprint density at radius 1 is 0.864 bits per heavy atom. The van der Waals surface area contributed by atoms with E-state index in [9.17, 15) is 17.2 Å². The minimum absolute atomic E-state index is 0.0832. The van der Waals surface area contributed by atoms with Crippen LogP contribution in [0.25, 0.3) is 11.3 Å². The Balaban J connectivity index is 0.000000175. The number of alkyl halides is 2. The van der Waals surface area contributed by atoms with Crippen LogP contribution >= 0.6 is 11.8 Å². The van der Waals surface area contributed by atoms with Gasteiger partial charge < -0.3 is 20.9 Å². The molecule has 4 aromatic rings. The largest absolute Gasteiger partial charge is 0.380 e. The molecule has 0 aliphatic carbocycles. The minimum atomic E-state index is -3.66. The molecule has 0 radical (unpaired) electrons. The van der Waals surface area contributed by atoms with Crippen molar-refractivity contribution in [1.29, 1.82) is 0 Å². The zero-order valence-corrected chi connectivity index (χ0v) is 26.8. The van der Waals surface area contributed by atoms with Crippen LogP contribution in [0.5, 0.6) is 0 Å². The van der Waals surface area contributed by atoms with Crippen molar-refractivity contribution in [3.8, 4) is 0 Å². The van der Waals surface area contributed by atoms with E-state index in [4.69, 9.17) is 20.9 Å². The molecule has 2 fully saturated rings. The highest BCUT2D eigenvalue weighted by atomic mass is 32.2. The maximum Gasteiger partial charge on any atom is 0.267 e. The first kappa shape index (κ1) is 32.2. The Labute approximate surface area is 257 Å². The molecule has 0 amide bonds. The van der Waals surface area contributed by atoms with Crippen molar-refractivity contribution in [2.75, 3.05) is 24.0 Å². The van der Waals surface area contributed by atoms with Gasteiger partial charge in [0.05, 0.1) is 36.0 Å². The number of nitrogen functional groups attached to an aromatic ring is 2. The predicted octanol–water partition coefficient (Wildman–Crippen LogP) is 3.19. The first-order chi connectivity index (χ1) is 20.8. The van der Waals surface area contributed by atoms with Gasteiger partial charge in [0.25, 0.3) is 5.16 Å². The molecule has 18 heteroatoms. The van der Waals surface area contributed by atoms with Crippen molar-refractivity contribution in [2.24, 2.45) is 11.8 Å². The zero-order chi connectivity index (χ0) is 32.1. The molecule has 0 bridgehead atoms. The van der Waals surface area contributed by atoms with Crippen molar-refractivity contribution in [3.63, 3.8) is 0 Å². The first-order valence-electron chi connectivity index (χ1n) is 14.2. The van der Waals surface area contributed by atoms with Crippen LogP contribution in [0.4, 0.5) is 20.4 Å². The molecule has 0 aromatic carbocycles. The van der Waals surface area contributed by atoms with Crippen molar-refractivity contribution in [2.45, 2.75) is 87.6 Å². The van der Waals surface area contributed by atoms with Gasteiger partial charge in [-0.25, -0.2) is 41.2 Å². The van der Waals surface area contributed by atoms with E-state index in [0.29, 0.717) is 28.6 Å². The summed E-state index contributed by atoms with van der Waals surface area (Å²) in [5.74, 6) is -0.219. The number of sulfone groups is 1. The Kier molecular flexibility index (Phi) is 8.99. The topological polar surface area (TPSA) is 191 Å². The third-order valence-corrected chi connectivity index (χ3v) is 9.47. The first-order valence-corrected chi connectivity index (χ1v) is 17.3. The third-order valence-electron chi connectivity index (χ3n) is 8.09. The number of fused-ring (bicyclic) bond motifs is 2. The lowest BCUT2D eigenvalue weighted by Crippen LogP contribution is -2.18. The van der Waals surface area contributed by atoms with E-state index >= 15 is 0 Å². The summed E-state index contributed by atoms with van der Waals surface area (Å²) < 4.78 is 66.9. The molecular formula is C26H36F2N10O4S2. The number of hydrogen-bond acceptors (Lipinski definition) is 13. The number of aromatic nitrogens is 8. The number of thioether (sulfide) groups is 1. The van der Waals surface area contributed by atoms with E-state index in [-0.39, 0.29) is 41.3 Å². The number of nitrogens with two attached hydrogens (primary N) is 2. The number of ether oxygens (including phenoxy) is 2. The van der Waals surface area contributed by atoms with E-state index < -0.39 is 39.5 Å². The number of nitrogens with zero attached hydrogens (tertiary/aromatic N) is 8. The molecule has 4 aromatic heterocycles. The molecule has 44 heavy (non-hydrogen) atoms. The summed E-state index contributed by atoms with van der Waals surface area (Å²) in [5, 5.41) is 8.39. The lowest BCUT2D eigenvalue weighted by molar-refractivity contribution is 0.0195. The third kappa shape index (κ3) is 5.67. The summed E-state index contributed by atoms with van der Waals surface area (Å²) in [6.07, 6.45) is 3.12. The van der Waals surface area contributed by atoms with Crippen LogP contribution in [-0.4, -0.2) is 84.6 Å². The molecule has 0 saturated carbocycles. The predicted molar refractivity (Wildman–Crippen MR) is 159 cm³/mol. The summed E-state index contributed by atoms with van der Waals surface area (Å²) >= 11 is 1.37. The second-order valence-electron chi connectivity index (χ2n) is 11.0. The molecule has 2 saturated heterocycles. The van der Waals surface area contributed by atoms with Gasteiger partial charge in [0, 0.05) is 18.1 Å². The van der Waals surface area contributed by atoms with Crippen molar-refractivity contribution in [1.82, 2.24) is 39.2 Å². The van der Waals surface area contributed by atoms with Crippen LogP contribution in [0.3, 0.4) is 0 Å². The molecule has 0 spiro atoms. The van der Waals surface area contributed by atoms with Crippen molar-refractivity contribution < 1.29 is 26.7 Å². The van der Waals surface area contributed by atoms with Gasteiger partial charge in [-0.15, -0.1) is 10.2 Å². The van der Waals surface area contributed by atoms with Crippen LogP contribution < -0.4 is 11.5 Å². The molecule has 0 unspecified atom stereocenters. The normalized spacial score (nSPS) is 28.9. The summed E-state index contributed by atoms with van der Waals surface area (Å²) in [6, 6.07) is 0. The summed E-state index contributed by atoms with van der Waals surface area (Å²) in [7, 11) is -3.66. The van der Waals surface area contributed by atoms with Crippen LogP contribution in [-0.2, 0) is 19.3 Å². The number of rotatable bonds is 6. The maximum atomic E-state index is 14.6. The van der Waals surface area contributed by atoms with Crippen molar-refractivity contribution in [3.05, 3.63) is 23.8 Å². The fourth-order valence-electron chi connectivity index (χ4n) is 5.57. The molecule has 6 rings (SSSR count). The van der Waals surface area contributed by atoms with Gasteiger partial charge in [0.15, 0.2) is 22.9 Å². The Hall–Kier alpha value is -3.22. The zero-order valence-electron chi connectivity index (χ0n) is 25.1. The molecule has 14 nitrogen and oxygen atoms in total. The highest BCUT2D eigenvalue weighted by Crippen LogP contribution is 2.42. The fourth-order valence-corrected chi connectivity index (χ4v) is 6.42. The van der Waals surface area contributed by atoms with Crippen LogP contribution in [0.2, 0.25) is 0 Å². The average Bonchev–Trinajstić information content (AvgIpc) is 3.74. The standard InChI is InChI=1S/C13H18FN5O3S.C13H18FN5OS/c1-4-8-6(2)9(14)10(22-8)7-5-16-12-11(15)17-13(18-19(7)12)23(3,20)21;1-4-8-6(2)9(14)10(20-8)7-5-16-12-11(15)17-13(21-3)18-19(7)12/h5-6,8-10H,4H2,1-3H3,(H2,15,17,18);5-6,8-10H,4H2,1-3H3,(H2,15,17,18)/t2*6-,8-,9-,10+/m11/s1. The van der Waals surface area contributed by atoms with Gasteiger partial charge >= 0.3 is 0 Å². The number of hydrogen-bond donors (Lipinski definition) is 2. The lowest BCUT2D eigenvalue weighted by atomic mass is 9.97. The highest BCUT2D eigenvalue weighted by molar-refractivity contribution is 7.98. The van der Waals surface area contributed by atoms with Gasteiger partial charge in [-0.05, 0) is 19.1 Å². The molecule has 2 aliphatic rings. The second kappa shape index (κ2) is 12.3. The average molecular weight is 655 g/mol. The number of imidazole rings is 2. The summed E-state index contributed by atoms with van der Waals surface area (Å²) in [5.41, 5.74) is 13.2. The van der Waals surface area contributed by atoms with Gasteiger partial charge in [0.2, 0.25) is 15.0 Å². The van der Waals surface area contributed by atoms with Gasteiger partial charge in [-0.1, -0.05) is 39.5 Å². The van der Waals surface area contributed by atoms with Crippen LogP contribution in [0.1, 0.15) is 64.1 Å². The van der Waals surface area contributed by atoms with E-state index in [1.54, 1.807) is 17.6 Å². The summed E-state index contributed by atoms with van der Waals surface area (Å²) in [6.45, 7) is 7.58. The molecular weight excluding hydrogens is 618 g/mol. The Morgan fingerprint density at radius 3 is 1.73 bits per heavy atom. The molecule has 8 atom stereocenters. The monoisotopic (exact) mass is 654 g/mol. The van der Waals surface area contributed by atoms with Crippen LogP contribution in [0.15, 0.2) is 22.7 Å². The fraction of sp³-hybridized carbons (Fsp3) is 0.615. The SMILES string of the molecule is CC[C@H]1O[C@@H](c2cnc3c(N)nc(S(C)(=O)=O)nn23)[C@H](F)[C@@H]1C.CC[C@H]1O[C@@H](c2cnc3c(N)nc(SC)nn23)[C@H](F)[C@@H]1C. The molecule has 4 N–H and O–H groups in total. The smallest absolute Gasteiger partial charge is 0.267 e. The van der Waals surface area contributed by atoms with E-state index in [1.807, 2.05) is 27.0 Å². The summed E-state index contributed by atoms with van der Waals surface area (Å²) in [4.78, 5) is 16.1.